The Kier molecular flexibility index (Phi) is 4.06. The molecule has 0 saturated heterocycles. The molecule has 0 aromatic heterocycles. The van der Waals surface area contributed by atoms with Crippen LogP contribution in [-0.2, 0) is 6.42 Å². The summed E-state index contributed by atoms with van der Waals surface area (Å²) in [5.74, 6) is 0.835. The highest BCUT2D eigenvalue weighted by Gasteiger charge is 2.28. The molecule has 1 aliphatic rings. The molecule has 21 heavy (non-hydrogen) atoms. The van der Waals surface area contributed by atoms with Gasteiger partial charge in [-0.25, -0.2) is 0 Å². The summed E-state index contributed by atoms with van der Waals surface area (Å²) in [7, 11) is 3.98. The van der Waals surface area contributed by atoms with E-state index in [0.29, 0.717) is 15.1 Å². The summed E-state index contributed by atoms with van der Waals surface area (Å²) in [5.41, 5.74) is 2.81. The van der Waals surface area contributed by atoms with Crippen LogP contribution in [0.5, 0.6) is 5.75 Å². The molecule has 0 saturated carbocycles. The van der Waals surface area contributed by atoms with Gasteiger partial charge >= 0.3 is 0 Å². The average molecular weight is 343 g/mol. The maximum Gasteiger partial charge on any atom is 0.156 e. The van der Waals surface area contributed by atoms with Crippen LogP contribution in [0.2, 0.25) is 15.1 Å². The van der Waals surface area contributed by atoms with Crippen molar-refractivity contribution in [2.45, 2.75) is 12.6 Å². The van der Waals surface area contributed by atoms with Crippen molar-refractivity contribution in [2.75, 3.05) is 14.1 Å². The Balaban J connectivity index is 2.15. The second-order valence-electron chi connectivity index (χ2n) is 5.31. The van der Waals surface area contributed by atoms with Crippen molar-refractivity contribution in [1.29, 1.82) is 0 Å². The fourth-order valence-corrected chi connectivity index (χ4v) is 3.13. The molecule has 0 N–H and O–H groups in total. The van der Waals surface area contributed by atoms with E-state index in [-0.39, 0.29) is 6.23 Å². The molecule has 2 aromatic carbocycles. The van der Waals surface area contributed by atoms with Crippen LogP contribution in [0.1, 0.15) is 5.56 Å². The monoisotopic (exact) mass is 341 g/mol. The molecule has 0 amide bonds. The lowest BCUT2D eigenvalue weighted by atomic mass is 10.0. The third kappa shape index (κ3) is 2.86. The zero-order chi connectivity index (χ0) is 15.1. The van der Waals surface area contributed by atoms with Gasteiger partial charge in [-0.1, -0.05) is 34.8 Å². The van der Waals surface area contributed by atoms with Crippen LogP contribution in [0.25, 0.3) is 11.1 Å². The van der Waals surface area contributed by atoms with E-state index in [0.717, 1.165) is 28.9 Å². The molecule has 1 aliphatic heterocycles. The van der Waals surface area contributed by atoms with Crippen molar-refractivity contribution in [1.82, 2.24) is 4.90 Å². The van der Waals surface area contributed by atoms with E-state index in [1.165, 1.54) is 0 Å². The third-order valence-corrected chi connectivity index (χ3v) is 4.36. The lowest BCUT2D eigenvalue weighted by Gasteiger charge is -2.19. The standard InChI is InChI=1S/C16H14Cl3NO/c1-20(2)15-6-9-5-11(18)8-13(16(9)21-15)12-7-10(17)3-4-14(12)19/h3-5,7-8,15H,6H2,1-2H3. The Hall–Kier alpha value is -0.930. The summed E-state index contributed by atoms with van der Waals surface area (Å²) in [6.07, 6.45) is 0.809. The van der Waals surface area contributed by atoms with Crippen LogP contribution in [0, 0.1) is 0 Å². The fourth-order valence-electron chi connectivity index (χ4n) is 2.50. The van der Waals surface area contributed by atoms with Gasteiger partial charge in [0.1, 0.15) is 5.75 Å². The number of likely N-dealkylation sites (N-methyl/N-ethyl adjacent to an activating group) is 1. The van der Waals surface area contributed by atoms with Gasteiger partial charge < -0.3 is 4.74 Å². The first kappa shape index (κ1) is 15.0. The molecule has 0 bridgehead atoms. The molecule has 0 aliphatic carbocycles. The molecule has 110 valence electrons. The largest absolute Gasteiger partial charge is 0.474 e. The van der Waals surface area contributed by atoms with Crippen molar-refractivity contribution in [3.8, 4) is 16.9 Å². The van der Waals surface area contributed by atoms with Crippen molar-refractivity contribution < 1.29 is 4.74 Å². The van der Waals surface area contributed by atoms with E-state index in [4.69, 9.17) is 39.5 Å². The van der Waals surface area contributed by atoms with Gasteiger partial charge in [0, 0.05) is 38.2 Å². The van der Waals surface area contributed by atoms with Crippen LogP contribution >= 0.6 is 34.8 Å². The Morgan fingerprint density at radius 3 is 2.43 bits per heavy atom. The normalized spacial score (nSPS) is 17.0. The Morgan fingerprint density at radius 1 is 1.00 bits per heavy atom. The molecule has 0 spiro atoms. The highest BCUT2D eigenvalue weighted by Crippen LogP contribution is 2.44. The van der Waals surface area contributed by atoms with E-state index < -0.39 is 0 Å². The molecule has 5 heteroatoms. The second kappa shape index (κ2) is 5.69. The second-order valence-corrected chi connectivity index (χ2v) is 6.59. The van der Waals surface area contributed by atoms with Crippen LogP contribution in [0.4, 0.5) is 0 Å². The molecule has 0 radical (unpaired) electrons. The lowest BCUT2D eigenvalue weighted by molar-refractivity contribution is 0.0866. The average Bonchev–Trinajstić information content (AvgIpc) is 2.84. The van der Waals surface area contributed by atoms with Crippen LogP contribution < -0.4 is 4.74 Å². The van der Waals surface area contributed by atoms with Crippen LogP contribution in [-0.4, -0.2) is 25.2 Å². The van der Waals surface area contributed by atoms with Crippen LogP contribution in [0.15, 0.2) is 30.3 Å². The summed E-state index contributed by atoms with van der Waals surface area (Å²) in [5, 5.41) is 1.92. The van der Waals surface area contributed by atoms with Crippen molar-refractivity contribution >= 4 is 34.8 Å². The minimum Gasteiger partial charge on any atom is -0.474 e. The van der Waals surface area contributed by atoms with Crippen LogP contribution in [0.3, 0.4) is 0 Å². The maximum absolute atomic E-state index is 6.32. The predicted molar refractivity (Wildman–Crippen MR) is 88.7 cm³/mol. The summed E-state index contributed by atoms with van der Waals surface area (Å²) in [6.45, 7) is 0. The minimum absolute atomic E-state index is 0.00942. The number of fused-ring (bicyclic) bond motifs is 1. The third-order valence-electron chi connectivity index (χ3n) is 3.57. The maximum atomic E-state index is 6.32. The SMILES string of the molecule is CN(C)C1Cc2cc(Cl)cc(-c3cc(Cl)ccc3Cl)c2O1. The smallest absolute Gasteiger partial charge is 0.156 e. The van der Waals surface area contributed by atoms with Gasteiger partial charge in [-0.3, -0.25) is 4.90 Å². The number of hydrogen-bond acceptors (Lipinski definition) is 2. The number of ether oxygens (including phenoxy) is 1. The van der Waals surface area contributed by atoms with Gasteiger partial charge in [0.25, 0.3) is 0 Å². The Morgan fingerprint density at radius 2 is 1.71 bits per heavy atom. The fraction of sp³-hybridized carbons (Fsp3) is 0.250. The predicted octanol–water partition coefficient (Wildman–Crippen LogP) is 5.14. The summed E-state index contributed by atoms with van der Waals surface area (Å²) in [6, 6.07) is 9.20. The lowest BCUT2D eigenvalue weighted by Crippen LogP contribution is -2.31. The number of benzene rings is 2. The minimum atomic E-state index is 0.00942. The molecule has 0 fully saturated rings. The summed E-state index contributed by atoms with van der Waals surface area (Å²) < 4.78 is 6.07. The van der Waals surface area contributed by atoms with Gasteiger partial charge in [-0.15, -0.1) is 0 Å². The van der Waals surface area contributed by atoms with E-state index in [1.807, 2.05) is 37.2 Å². The molecular formula is C16H14Cl3NO. The molecule has 1 atom stereocenters. The van der Waals surface area contributed by atoms with Crippen molar-refractivity contribution in [3.63, 3.8) is 0 Å². The van der Waals surface area contributed by atoms with Crippen molar-refractivity contribution in [2.24, 2.45) is 0 Å². The Labute approximate surface area is 139 Å². The van der Waals surface area contributed by atoms with Crippen molar-refractivity contribution in [3.05, 3.63) is 51.0 Å². The highest BCUT2D eigenvalue weighted by molar-refractivity contribution is 6.35. The van der Waals surface area contributed by atoms with E-state index in [2.05, 4.69) is 0 Å². The first-order chi connectivity index (χ1) is 9.95. The topological polar surface area (TPSA) is 12.5 Å². The number of rotatable bonds is 2. The first-order valence-corrected chi connectivity index (χ1v) is 7.70. The van der Waals surface area contributed by atoms with Gasteiger partial charge in [0.2, 0.25) is 0 Å². The molecule has 2 nitrogen and oxygen atoms in total. The first-order valence-electron chi connectivity index (χ1n) is 6.56. The Bertz CT molecular complexity index is 700. The molecule has 2 aromatic rings. The molecule has 3 rings (SSSR count). The highest BCUT2D eigenvalue weighted by atomic mass is 35.5. The molecule has 1 unspecified atom stereocenters. The zero-order valence-corrected chi connectivity index (χ0v) is 13.9. The summed E-state index contributed by atoms with van der Waals surface area (Å²) >= 11 is 18.7. The number of hydrogen-bond donors (Lipinski definition) is 0. The summed E-state index contributed by atoms with van der Waals surface area (Å²) in [4.78, 5) is 2.04. The molecular weight excluding hydrogens is 329 g/mol. The quantitative estimate of drug-likeness (QED) is 0.749. The number of nitrogens with zero attached hydrogens (tertiary/aromatic N) is 1. The number of halogens is 3. The van der Waals surface area contributed by atoms with Gasteiger partial charge in [0.15, 0.2) is 6.23 Å². The molecule has 1 heterocycles. The van der Waals surface area contributed by atoms with Gasteiger partial charge in [0.05, 0.1) is 0 Å². The zero-order valence-electron chi connectivity index (χ0n) is 11.7. The van der Waals surface area contributed by atoms with Gasteiger partial charge in [-0.05, 0) is 44.4 Å². The van der Waals surface area contributed by atoms with E-state index in [1.54, 1.807) is 12.1 Å². The van der Waals surface area contributed by atoms with Gasteiger partial charge in [-0.2, -0.15) is 0 Å². The van der Waals surface area contributed by atoms with E-state index >= 15 is 0 Å². The van der Waals surface area contributed by atoms with E-state index in [9.17, 15) is 0 Å².